The fourth-order valence-electron chi connectivity index (χ4n) is 4.05. The van der Waals surface area contributed by atoms with Gasteiger partial charge in [0.15, 0.2) is 0 Å². The van der Waals surface area contributed by atoms with Crippen molar-refractivity contribution >= 4 is 28.7 Å². The molecule has 2 aromatic rings. The summed E-state index contributed by atoms with van der Waals surface area (Å²) in [6, 6.07) is 6.86. The van der Waals surface area contributed by atoms with Gasteiger partial charge in [-0.2, -0.15) is 0 Å². The summed E-state index contributed by atoms with van der Waals surface area (Å²) in [5, 5.41) is 6.70. The number of nitrogens with one attached hydrogen (secondary N) is 3. The first-order valence-corrected chi connectivity index (χ1v) is 9.58. The lowest BCUT2D eigenvalue weighted by Crippen LogP contribution is -2.45. The van der Waals surface area contributed by atoms with Crippen molar-refractivity contribution in [2.45, 2.75) is 50.6 Å². The van der Waals surface area contributed by atoms with E-state index in [0.717, 1.165) is 47.0 Å². The minimum Gasteiger partial charge on any atom is -0.361 e. The van der Waals surface area contributed by atoms with E-state index in [1.807, 2.05) is 30.5 Å². The Morgan fingerprint density at radius 1 is 1.15 bits per heavy atom. The molecule has 1 aromatic carbocycles. The highest BCUT2D eigenvalue weighted by Crippen LogP contribution is 2.21. The van der Waals surface area contributed by atoms with Crippen molar-refractivity contribution in [2.75, 3.05) is 6.54 Å². The van der Waals surface area contributed by atoms with Crippen LogP contribution in [0.25, 0.3) is 10.9 Å². The van der Waals surface area contributed by atoms with Crippen LogP contribution in [0.4, 0.5) is 4.79 Å². The van der Waals surface area contributed by atoms with E-state index in [0.29, 0.717) is 6.42 Å². The summed E-state index contributed by atoms with van der Waals surface area (Å²) >= 11 is 0. The summed E-state index contributed by atoms with van der Waals surface area (Å²) in [4.78, 5) is 41.3. The zero-order valence-electron chi connectivity index (χ0n) is 15.2. The van der Waals surface area contributed by atoms with Crippen LogP contribution >= 0.6 is 0 Å². The van der Waals surface area contributed by atoms with Crippen LogP contribution < -0.4 is 10.6 Å². The number of fused-ring (bicyclic) bond motifs is 1. The summed E-state index contributed by atoms with van der Waals surface area (Å²) < 4.78 is 0. The predicted octanol–water partition coefficient (Wildman–Crippen LogP) is 2.08. The van der Waals surface area contributed by atoms with Crippen LogP contribution in [-0.4, -0.2) is 46.4 Å². The van der Waals surface area contributed by atoms with Crippen LogP contribution in [0.15, 0.2) is 30.5 Å². The summed E-state index contributed by atoms with van der Waals surface area (Å²) in [7, 11) is 0. The summed E-state index contributed by atoms with van der Waals surface area (Å²) in [6.07, 6.45) is 7.62. The van der Waals surface area contributed by atoms with Crippen LogP contribution in [0, 0.1) is 0 Å². The van der Waals surface area contributed by atoms with Crippen molar-refractivity contribution in [3.63, 3.8) is 0 Å². The molecule has 1 aliphatic carbocycles. The molecule has 2 aliphatic rings. The van der Waals surface area contributed by atoms with Gasteiger partial charge in [-0.15, -0.1) is 0 Å². The Morgan fingerprint density at radius 2 is 1.93 bits per heavy atom. The standard InChI is InChI=1S/C20H24N4O3/c25-18(22-14-6-2-1-3-7-14)12-24-19(26)17(23-20(24)27)10-13-11-21-16-9-5-4-8-15(13)16/h4-5,8-9,11,14,17,21H,1-3,6-7,10,12H2,(H,22,25)(H,23,27)/t17-/m1/s1. The Hall–Kier alpha value is -2.83. The number of hydrogen-bond donors (Lipinski definition) is 3. The summed E-state index contributed by atoms with van der Waals surface area (Å²) in [5.74, 6) is -0.609. The van der Waals surface area contributed by atoms with Gasteiger partial charge in [-0.3, -0.25) is 14.5 Å². The lowest BCUT2D eigenvalue weighted by Gasteiger charge is -2.23. The molecule has 7 nitrogen and oxygen atoms in total. The van der Waals surface area contributed by atoms with Gasteiger partial charge in [-0.05, 0) is 24.5 Å². The highest BCUT2D eigenvalue weighted by Gasteiger charge is 2.39. The second-order valence-corrected chi connectivity index (χ2v) is 7.39. The molecule has 142 valence electrons. The van der Waals surface area contributed by atoms with Gasteiger partial charge < -0.3 is 15.6 Å². The van der Waals surface area contributed by atoms with E-state index in [2.05, 4.69) is 15.6 Å². The second-order valence-electron chi connectivity index (χ2n) is 7.39. The van der Waals surface area contributed by atoms with Gasteiger partial charge in [0, 0.05) is 29.6 Å². The number of benzene rings is 1. The summed E-state index contributed by atoms with van der Waals surface area (Å²) in [5.41, 5.74) is 1.96. The number of aromatic amines is 1. The molecule has 7 heteroatoms. The molecule has 0 unspecified atom stereocenters. The van der Waals surface area contributed by atoms with Gasteiger partial charge in [-0.25, -0.2) is 4.79 Å². The van der Waals surface area contributed by atoms with Crippen molar-refractivity contribution in [3.8, 4) is 0 Å². The van der Waals surface area contributed by atoms with Crippen molar-refractivity contribution in [1.29, 1.82) is 0 Å². The summed E-state index contributed by atoms with van der Waals surface area (Å²) in [6.45, 7) is -0.217. The van der Waals surface area contributed by atoms with Crippen LogP contribution in [0.3, 0.4) is 0 Å². The molecule has 27 heavy (non-hydrogen) atoms. The van der Waals surface area contributed by atoms with E-state index in [9.17, 15) is 14.4 Å². The van der Waals surface area contributed by atoms with Crippen molar-refractivity contribution in [2.24, 2.45) is 0 Å². The SMILES string of the molecule is O=C(CN1C(=O)N[C@H](Cc2c[nH]c3ccccc23)C1=O)NC1CCCCC1. The largest absolute Gasteiger partial charge is 0.361 e. The number of urea groups is 1. The number of para-hydroxylation sites is 1. The maximum Gasteiger partial charge on any atom is 0.325 e. The van der Waals surface area contributed by atoms with Gasteiger partial charge in [0.1, 0.15) is 12.6 Å². The smallest absolute Gasteiger partial charge is 0.325 e. The van der Waals surface area contributed by atoms with Gasteiger partial charge in [0.25, 0.3) is 5.91 Å². The molecule has 0 radical (unpaired) electrons. The molecule has 4 rings (SSSR count). The first-order chi connectivity index (χ1) is 13.1. The molecule has 3 N–H and O–H groups in total. The number of H-pyrrole nitrogens is 1. The van der Waals surface area contributed by atoms with Crippen LogP contribution in [-0.2, 0) is 16.0 Å². The molecule has 1 saturated carbocycles. The van der Waals surface area contributed by atoms with Crippen molar-refractivity contribution < 1.29 is 14.4 Å². The average molecular weight is 368 g/mol. The number of carbonyl (C=O) groups is 3. The highest BCUT2D eigenvalue weighted by molar-refractivity contribution is 6.06. The molecule has 1 aromatic heterocycles. The van der Waals surface area contributed by atoms with Gasteiger partial charge in [-0.1, -0.05) is 37.5 Å². The van der Waals surface area contributed by atoms with E-state index in [1.54, 1.807) is 0 Å². The number of aromatic nitrogens is 1. The molecule has 0 spiro atoms. The van der Waals surface area contributed by atoms with Gasteiger partial charge in [0.05, 0.1) is 0 Å². The van der Waals surface area contributed by atoms with E-state index in [1.165, 1.54) is 6.42 Å². The molecule has 2 heterocycles. The number of carbonyl (C=O) groups excluding carboxylic acids is 3. The normalized spacial score (nSPS) is 20.9. The van der Waals surface area contributed by atoms with Crippen LogP contribution in [0.1, 0.15) is 37.7 Å². The molecule has 4 amide bonds. The molecular weight excluding hydrogens is 344 g/mol. The lowest BCUT2D eigenvalue weighted by atomic mass is 9.95. The maximum absolute atomic E-state index is 12.7. The Morgan fingerprint density at radius 3 is 2.74 bits per heavy atom. The second kappa shape index (κ2) is 7.42. The van der Waals surface area contributed by atoms with E-state index in [4.69, 9.17) is 0 Å². The maximum atomic E-state index is 12.7. The van der Waals surface area contributed by atoms with Crippen molar-refractivity contribution in [1.82, 2.24) is 20.5 Å². The van der Waals surface area contributed by atoms with Gasteiger partial charge >= 0.3 is 6.03 Å². The number of imide groups is 1. The monoisotopic (exact) mass is 368 g/mol. The minimum atomic E-state index is -0.640. The number of rotatable bonds is 5. The minimum absolute atomic E-state index is 0.161. The molecule has 1 aliphatic heterocycles. The number of amides is 4. The Labute approximate surface area is 157 Å². The Balaban J connectivity index is 1.38. The zero-order chi connectivity index (χ0) is 18.8. The number of hydrogen-bond acceptors (Lipinski definition) is 3. The van der Waals surface area contributed by atoms with Crippen LogP contribution in [0.5, 0.6) is 0 Å². The topological polar surface area (TPSA) is 94.3 Å². The molecular formula is C20H24N4O3. The molecule has 1 atom stereocenters. The Kier molecular flexibility index (Phi) is 4.83. The third kappa shape index (κ3) is 3.67. The van der Waals surface area contributed by atoms with E-state index in [-0.39, 0.29) is 24.4 Å². The number of nitrogens with zero attached hydrogens (tertiary/aromatic N) is 1. The average Bonchev–Trinajstić information content (AvgIpc) is 3.19. The van der Waals surface area contributed by atoms with Crippen LogP contribution in [0.2, 0.25) is 0 Å². The van der Waals surface area contributed by atoms with E-state index < -0.39 is 12.1 Å². The predicted molar refractivity (Wildman–Crippen MR) is 101 cm³/mol. The Bertz CT molecular complexity index is 869. The van der Waals surface area contributed by atoms with Crippen molar-refractivity contribution in [3.05, 3.63) is 36.0 Å². The lowest BCUT2D eigenvalue weighted by molar-refractivity contribution is -0.132. The third-order valence-electron chi connectivity index (χ3n) is 5.48. The first kappa shape index (κ1) is 17.6. The molecule has 1 saturated heterocycles. The third-order valence-corrected chi connectivity index (χ3v) is 5.48. The molecule has 2 fully saturated rings. The van der Waals surface area contributed by atoms with Gasteiger partial charge in [0.2, 0.25) is 5.91 Å². The quantitative estimate of drug-likeness (QED) is 0.705. The first-order valence-electron chi connectivity index (χ1n) is 9.58. The zero-order valence-corrected chi connectivity index (χ0v) is 15.2. The molecule has 0 bridgehead atoms. The highest BCUT2D eigenvalue weighted by atomic mass is 16.2. The fraction of sp³-hybridized carbons (Fsp3) is 0.450. The fourth-order valence-corrected chi connectivity index (χ4v) is 4.05. The van der Waals surface area contributed by atoms with E-state index >= 15 is 0 Å².